The maximum atomic E-state index is 6.01. The van der Waals surface area contributed by atoms with E-state index in [4.69, 9.17) is 18.3 Å². The molecule has 0 aromatic rings. The van der Waals surface area contributed by atoms with Crippen LogP contribution < -0.4 is 5.32 Å². The maximum Gasteiger partial charge on any atom is 0.161 e. The molecule has 0 aliphatic heterocycles. The van der Waals surface area contributed by atoms with Crippen molar-refractivity contribution in [1.82, 2.24) is 5.32 Å². The molecule has 0 radical (unpaired) electrons. The van der Waals surface area contributed by atoms with Crippen LogP contribution in [-0.2, 0) is 18.3 Å². The summed E-state index contributed by atoms with van der Waals surface area (Å²) in [4.78, 5) is 0. The Hall–Kier alpha value is 0.234. The first-order valence-electron chi connectivity index (χ1n) is 9.97. The molecule has 5 nitrogen and oxygen atoms in total. The van der Waals surface area contributed by atoms with Gasteiger partial charge >= 0.3 is 0 Å². The molecule has 0 fully saturated rings. The number of hydrogen-bond acceptors (Lipinski definition) is 5. The molecule has 0 unspecified atom stereocenters. The lowest BCUT2D eigenvalue weighted by molar-refractivity contribution is -0.0346. The first-order valence-corrected chi connectivity index (χ1v) is 13.1. The fourth-order valence-electron chi connectivity index (χ4n) is 2.36. The van der Waals surface area contributed by atoms with Crippen molar-refractivity contribution < 1.29 is 18.3 Å². The van der Waals surface area contributed by atoms with Crippen LogP contribution in [0.25, 0.3) is 0 Å². The standard InChI is InChI=1S/C18H43NO4Si2/c1-7-22-24-13-9-11-20-17(3,4)15-19-16-18(5,6)21-12-10-14-25-23-8-2/h19H,7-16,24-25H2,1-6H3. The monoisotopic (exact) mass is 393 g/mol. The van der Waals surface area contributed by atoms with Crippen molar-refractivity contribution in [2.24, 2.45) is 0 Å². The molecule has 0 atom stereocenters. The highest BCUT2D eigenvalue weighted by atomic mass is 28.2. The predicted octanol–water partition coefficient (Wildman–Crippen LogP) is 2.02. The lowest BCUT2D eigenvalue weighted by atomic mass is 10.1. The van der Waals surface area contributed by atoms with Crippen LogP contribution in [0.2, 0.25) is 12.1 Å². The van der Waals surface area contributed by atoms with Crippen LogP contribution >= 0.6 is 0 Å². The molecular formula is C18H43NO4Si2. The fraction of sp³-hybridized carbons (Fsp3) is 1.00. The number of rotatable bonds is 18. The van der Waals surface area contributed by atoms with E-state index in [0.717, 1.165) is 52.4 Å². The maximum absolute atomic E-state index is 6.01. The molecule has 1 N–H and O–H groups in total. The second kappa shape index (κ2) is 15.3. The highest BCUT2D eigenvalue weighted by Gasteiger charge is 2.22. The Labute approximate surface area is 160 Å². The van der Waals surface area contributed by atoms with Crippen molar-refractivity contribution in [1.29, 1.82) is 0 Å². The predicted molar refractivity (Wildman–Crippen MR) is 112 cm³/mol. The summed E-state index contributed by atoms with van der Waals surface area (Å²) >= 11 is 0. The normalized spacial score (nSPS) is 13.7. The highest BCUT2D eigenvalue weighted by molar-refractivity contribution is 6.27. The van der Waals surface area contributed by atoms with E-state index in [-0.39, 0.29) is 30.7 Å². The van der Waals surface area contributed by atoms with Crippen LogP contribution in [0.4, 0.5) is 0 Å². The van der Waals surface area contributed by atoms with Crippen molar-refractivity contribution in [2.45, 2.75) is 77.7 Å². The molecule has 7 heteroatoms. The fourth-order valence-corrected chi connectivity index (χ4v) is 4.17. The third-order valence-electron chi connectivity index (χ3n) is 3.86. The topological polar surface area (TPSA) is 49.0 Å². The van der Waals surface area contributed by atoms with Gasteiger partial charge in [-0.15, -0.1) is 0 Å². The summed E-state index contributed by atoms with van der Waals surface area (Å²) in [6.45, 7) is 17.7. The first-order chi connectivity index (χ1) is 11.8. The zero-order valence-electron chi connectivity index (χ0n) is 17.6. The second-order valence-corrected chi connectivity index (χ2v) is 10.7. The molecule has 0 aliphatic rings. The molecule has 0 rings (SSSR count). The Morgan fingerprint density at radius 3 is 1.48 bits per heavy atom. The Morgan fingerprint density at radius 2 is 1.12 bits per heavy atom. The first kappa shape index (κ1) is 25.2. The SMILES string of the molecule is CCO[SiH2]CCCOC(C)(C)CNCC(C)(C)OCCC[SiH2]OCC. The van der Waals surface area contributed by atoms with Gasteiger partial charge < -0.3 is 23.6 Å². The number of nitrogens with one attached hydrogen (secondary N) is 1. The molecule has 0 aromatic heterocycles. The van der Waals surface area contributed by atoms with E-state index < -0.39 is 0 Å². The average molecular weight is 394 g/mol. The minimum Gasteiger partial charge on any atom is -0.424 e. The molecule has 0 heterocycles. The Bertz CT molecular complexity index is 277. The van der Waals surface area contributed by atoms with E-state index in [1.165, 1.54) is 12.1 Å². The molecule has 0 saturated carbocycles. The van der Waals surface area contributed by atoms with Gasteiger partial charge in [-0.05, 0) is 66.5 Å². The molecule has 152 valence electrons. The van der Waals surface area contributed by atoms with Gasteiger partial charge in [-0.25, -0.2) is 0 Å². The molecule has 0 aliphatic carbocycles. The molecule has 0 amide bonds. The zero-order valence-corrected chi connectivity index (χ0v) is 20.4. The van der Waals surface area contributed by atoms with Crippen molar-refractivity contribution >= 4 is 19.5 Å². The molecular weight excluding hydrogens is 350 g/mol. The molecule has 0 saturated heterocycles. The van der Waals surface area contributed by atoms with Crippen LogP contribution in [-0.4, -0.2) is 70.2 Å². The van der Waals surface area contributed by atoms with E-state index in [0.29, 0.717) is 0 Å². The summed E-state index contributed by atoms with van der Waals surface area (Å²) in [5.41, 5.74) is -0.293. The largest absolute Gasteiger partial charge is 0.424 e. The summed E-state index contributed by atoms with van der Waals surface area (Å²) in [6.07, 6.45) is 2.21. The van der Waals surface area contributed by atoms with Crippen molar-refractivity contribution in [3.05, 3.63) is 0 Å². The van der Waals surface area contributed by atoms with E-state index in [1.807, 2.05) is 0 Å². The van der Waals surface area contributed by atoms with Crippen LogP contribution in [0.3, 0.4) is 0 Å². The third-order valence-corrected chi connectivity index (χ3v) is 6.83. The van der Waals surface area contributed by atoms with Gasteiger partial charge in [-0.1, -0.05) is 0 Å². The highest BCUT2D eigenvalue weighted by Crippen LogP contribution is 2.12. The molecule has 0 bridgehead atoms. The zero-order chi connectivity index (χ0) is 19.0. The van der Waals surface area contributed by atoms with Crippen LogP contribution in [0.5, 0.6) is 0 Å². The van der Waals surface area contributed by atoms with Crippen molar-refractivity contribution in [2.75, 3.05) is 39.5 Å². The number of ether oxygens (including phenoxy) is 2. The Kier molecular flexibility index (Phi) is 15.5. The third kappa shape index (κ3) is 17.4. The molecule has 0 aromatic carbocycles. The van der Waals surface area contributed by atoms with E-state index in [9.17, 15) is 0 Å². The van der Waals surface area contributed by atoms with E-state index in [2.05, 4.69) is 46.9 Å². The van der Waals surface area contributed by atoms with Gasteiger partial charge in [-0.2, -0.15) is 0 Å². The minimum absolute atomic E-state index is 0.146. The number of hydrogen-bond donors (Lipinski definition) is 1. The molecule has 25 heavy (non-hydrogen) atoms. The quantitative estimate of drug-likeness (QED) is 0.285. The van der Waals surface area contributed by atoms with Gasteiger partial charge in [0.15, 0.2) is 19.5 Å². The van der Waals surface area contributed by atoms with E-state index >= 15 is 0 Å². The van der Waals surface area contributed by atoms with Crippen LogP contribution in [0.15, 0.2) is 0 Å². The Balaban J connectivity index is 3.71. The van der Waals surface area contributed by atoms with Crippen LogP contribution in [0, 0.1) is 0 Å². The second-order valence-electron chi connectivity index (χ2n) is 7.63. The summed E-state index contributed by atoms with van der Waals surface area (Å²) < 4.78 is 23.0. The minimum atomic E-state index is -0.321. The molecule has 0 spiro atoms. The lowest BCUT2D eigenvalue weighted by Gasteiger charge is -2.30. The summed E-state index contributed by atoms with van der Waals surface area (Å²) in [6, 6.07) is 2.40. The lowest BCUT2D eigenvalue weighted by Crippen LogP contribution is -2.44. The van der Waals surface area contributed by atoms with Gasteiger partial charge in [-0.3, -0.25) is 0 Å². The summed E-state index contributed by atoms with van der Waals surface area (Å²) in [7, 11) is -0.641. The van der Waals surface area contributed by atoms with Crippen LogP contribution in [0.1, 0.15) is 54.4 Å². The summed E-state index contributed by atoms with van der Waals surface area (Å²) in [5, 5.41) is 3.51. The van der Waals surface area contributed by atoms with Crippen molar-refractivity contribution in [3.8, 4) is 0 Å². The van der Waals surface area contributed by atoms with Gasteiger partial charge in [0.2, 0.25) is 0 Å². The van der Waals surface area contributed by atoms with Gasteiger partial charge in [0.05, 0.1) is 11.2 Å². The average Bonchev–Trinajstić information content (AvgIpc) is 2.53. The van der Waals surface area contributed by atoms with E-state index in [1.54, 1.807) is 0 Å². The van der Waals surface area contributed by atoms with Gasteiger partial charge in [0.25, 0.3) is 0 Å². The van der Waals surface area contributed by atoms with Crippen molar-refractivity contribution in [3.63, 3.8) is 0 Å². The summed E-state index contributed by atoms with van der Waals surface area (Å²) in [5.74, 6) is 0. The van der Waals surface area contributed by atoms with Gasteiger partial charge in [0.1, 0.15) is 0 Å². The smallest absolute Gasteiger partial charge is 0.161 e. The Morgan fingerprint density at radius 1 is 0.720 bits per heavy atom. The van der Waals surface area contributed by atoms with Gasteiger partial charge in [0, 0.05) is 39.5 Å².